The SMILES string of the molecule is O=C(CSc1ncc(-c2ccccc2[N+](=O)[O-])[nH]1)NC(c1ccccc1)c1ccccc1. The monoisotopic (exact) mass is 444 g/mol. The number of amides is 1. The maximum absolute atomic E-state index is 12.7. The van der Waals surface area contributed by atoms with Crippen LogP contribution in [0.1, 0.15) is 17.2 Å². The highest BCUT2D eigenvalue weighted by Gasteiger charge is 2.18. The van der Waals surface area contributed by atoms with E-state index in [0.29, 0.717) is 16.4 Å². The summed E-state index contributed by atoms with van der Waals surface area (Å²) in [5, 5.41) is 14.9. The molecule has 2 N–H and O–H groups in total. The van der Waals surface area contributed by atoms with Crippen LogP contribution < -0.4 is 5.32 Å². The number of aromatic amines is 1. The molecule has 3 aromatic carbocycles. The Labute approximate surface area is 189 Å². The molecule has 160 valence electrons. The van der Waals surface area contributed by atoms with Crippen LogP contribution in [0.5, 0.6) is 0 Å². The molecule has 0 aliphatic rings. The van der Waals surface area contributed by atoms with Gasteiger partial charge in [0.25, 0.3) is 5.69 Å². The molecule has 1 amide bonds. The molecule has 0 unspecified atom stereocenters. The predicted octanol–water partition coefficient (Wildman–Crippen LogP) is 4.98. The van der Waals surface area contributed by atoms with Gasteiger partial charge < -0.3 is 10.3 Å². The normalized spacial score (nSPS) is 10.8. The standard InChI is InChI=1S/C24H20N4O3S/c29-22(27-23(17-9-3-1-4-10-17)18-11-5-2-6-12-18)16-32-24-25-15-20(26-24)19-13-7-8-14-21(19)28(30)31/h1-15,23H,16H2,(H,25,26)(H,27,29). The van der Waals surface area contributed by atoms with E-state index < -0.39 is 4.92 Å². The largest absolute Gasteiger partial charge is 0.344 e. The van der Waals surface area contributed by atoms with E-state index in [0.717, 1.165) is 11.1 Å². The van der Waals surface area contributed by atoms with Crippen LogP contribution in [0.3, 0.4) is 0 Å². The Kier molecular flexibility index (Phi) is 6.62. The van der Waals surface area contributed by atoms with Gasteiger partial charge >= 0.3 is 0 Å². The maximum Gasteiger partial charge on any atom is 0.278 e. The fraction of sp³-hybridized carbons (Fsp3) is 0.0833. The fourth-order valence-corrected chi connectivity index (χ4v) is 4.02. The van der Waals surface area contributed by atoms with Crippen LogP contribution in [0.2, 0.25) is 0 Å². The second-order valence-electron chi connectivity index (χ2n) is 6.99. The topological polar surface area (TPSA) is 101 Å². The molecule has 8 heteroatoms. The second-order valence-corrected chi connectivity index (χ2v) is 7.95. The smallest absolute Gasteiger partial charge is 0.278 e. The number of carbonyl (C=O) groups is 1. The van der Waals surface area contributed by atoms with Gasteiger partial charge in [-0.3, -0.25) is 14.9 Å². The summed E-state index contributed by atoms with van der Waals surface area (Å²) in [4.78, 5) is 30.9. The molecule has 0 atom stereocenters. The Hall–Kier alpha value is -3.91. The zero-order chi connectivity index (χ0) is 22.3. The van der Waals surface area contributed by atoms with Crippen molar-refractivity contribution in [1.29, 1.82) is 0 Å². The van der Waals surface area contributed by atoms with Crippen molar-refractivity contribution in [2.75, 3.05) is 5.75 Å². The number of nitro benzene ring substituents is 1. The van der Waals surface area contributed by atoms with Gasteiger partial charge in [0.05, 0.1) is 34.2 Å². The van der Waals surface area contributed by atoms with Gasteiger partial charge in [-0.05, 0) is 17.2 Å². The van der Waals surface area contributed by atoms with Crippen LogP contribution in [0.4, 0.5) is 5.69 Å². The van der Waals surface area contributed by atoms with Gasteiger partial charge in [-0.15, -0.1) is 0 Å². The third kappa shape index (κ3) is 5.04. The summed E-state index contributed by atoms with van der Waals surface area (Å²) in [6.07, 6.45) is 1.54. The molecule has 0 fully saturated rings. The van der Waals surface area contributed by atoms with E-state index in [1.165, 1.54) is 17.8 Å². The van der Waals surface area contributed by atoms with Gasteiger partial charge in [0.1, 0.15) is 0 Å². The molecule has 4 aromatic rings. The third-order valence-electron chi connectivity index (χ3n) is 4.85. The summed E-state index contributed by atoms with van der Waals surface area (Å²) >= 11 is 1.24. The molecule has 32 heavy (non-hydrogen) atoms. The minimum atomic E-state index is -0.427. The minimum absolute atomic E-state index is 0.000919. The van der Waals surface area contributed by atoms with Gasteiger partial charge in [0, 0.05) is 6.07 Å². The lowest BCUT2D eigenvalue weighted by atomic mass is 9.99. The van der Waals surface area contributed by atoms with Crippen molar-refractivity contribution in [2.45, 2.75) is 11.2 Å². The third-order valence-corrected chi connectivity index (χ3v) is 5.74. The number of nitrogens with zero attached hydrogens (tertiary/aromatic N) is 2. The molecular weight excluding hydrogens is 424 g/mol. The molecule has 0 radical (unpaired) electrons. The zero-order valence-corrected chi connectivity index (χ0v) is 17.8. The predicted molar refractivity (Wildman–Crippen MR) is 124 cm³/mol. The number of benzene rings is 3. The van der Waals surface area contributed by atoms with Gasteiger partial charge in [0.2, 0.25) is 5.91 Å². The van der Waals surface area contributed by atoms with Crippen molar-refractivity contribution in [3.63, 3.8) is 0 Å². The molecule has 1 heterocycles. The molecule has 0 saturated carbocycles. The first-order valence-corrected chi connectivity index (χ1v) is 10.9. The van der Waals surface area contributed by atoms with E-state index in [1.54, 1.807) is 24.4 Å². The van der Waals surface area contributed by atoms with E-state index in [4.69, 9.17) is 0 Å². The second kappa shape index (κ2) is 9.93. The van der Waals surface area contributed by atoms with E-state index >= 15 is 0 Å². The number of aromatic nitrogens is 2. The average molecular weight is 445 g/mol. The van der Waals surface area contributed by atoms with Crippen molar-refractivity contribution in [3.05, 3.63) is 112 Å². The van der Waals surface area contributed by atoms with Crippen molar-refractivity contribution < 1.29 is 9.72 Å². The molecule has 0 aliphatic heterocycles. The fourth-order valence-electron chi connectivity index (χ4n) is 3.36. The lowest BCUT2D eigenvalue weighted by Gasteiger charge is -2.19. The van der Waals surface area contributed by atoms with Crippen LogP contribution in [-0.4, -0.2) is 26.6 Å². The zero-order valence-electron chi connectivity index (χ0n) is 17.0. The lowest BCUT2D eigenvalue weighted by molar-refractivity contribution is -0.384. The first-order valence-electron chi connectivity index (χ1n) is 9.92. The van der Waals surface area contributed by atoms with Crippen LogP contribution in [0.25, 0.3) is 11.3 Å². The van der Waals surface area contributed by atoms with E-state index in [9.17, 15) is 14.9 Å². The Morgan fingerprint density at radius 2 is 1.56 bits per heavy atom. The number of para-hydroxylation sites is 1. The van der Waals surface area contributed by atoms with E-state index in [1.807, 2.05) is 60.7 Å². The number of hydrogen-bond acceptors (Lipinski definition) is 5. The Bertz CT molecular complexity index is 1170. The Balaban J connectivity index is 1.44. The van der Waals surface area contributed by atoms with Crippen molar-refractivity contribution in [1.82, 2.24) is 15.3 Å². The first kappa shape index (κ1) is 21.3. The average Bonchev–Trinajstić information content (AvgIpc) is 3.31. The molecule has 4 rings (SSSR count). The van der Waals surface area contributed by atoms with Crippen LogP contribution in [-0.2, 0) is 4.79 Å². The van der Waals surface area contributed by atoms with Crippen molar-refractivity contribution in [2.24, 2.45) is 0 Å². The number of hydrogen-bond donors (Lipinski definition) is 2. The molecule has 0 spiro atoms. The minimum Gasteiger partial charge on any atom is -0.344 e. The highest BCUT2D eigenvalue weighted by atomic mass is 32.2. The van der Waals surface area contributed by atoms with Crippen molar-refractivity contribution in [3.8, 4) is 11.3 Å². The number of rotatable bonds is 8. The molecular formula is C24H20N4O3S. The van der Waals surface area contributed by atoms with Gasteiger partial charge in [-0.1, -0.05) is 84.6 Å². The molecule has 0 saturated heterocycles. The Morgan fingerprint density at radius 1 is 0.969 bits per heavy atom. The van der Waals surface area contributed by atoms with Crippen LogP contribution >= 0.6 is 11.8 Å². The van der Waals surface area contributed by atoms with Crippen molar-refractivity contribution >= 4 is 23.4 Å². The summed E-state index contributed by atoms with van der Waals surface area (Å²) in [6, 6.07) is 25.8. The molecule has 7 nitrogen and oxygen atoms in total. The number of thioether (sulfide) groups is 1. The number of carbonyl (C=O) groups excluding carboxylic acids is 1. The van der Waals surface area contributed by atoms with Crippen LogP contribution in [0, 0.1) is 10.1 Å². The lowest BCUT2D eigenvalue weighted by Crippen LogP contribution is -2.30. The number of nitrogens with one attached hydrogen (secondary N) is 2. The summed E-state index contributed by atoms with van der Waals surface area (Å²) in [5.74, 6) is 0.0105. The van der Waals surface area contributed by atoms with Gasteiger partial charge in [-0.2, -0.15) is 0 Å². The van der Waals surface area contributed by atoms with Crippen LogP contribution in [0.15, 0.2) is 96.3 Å². The Morgan fingerprint density at radius 3 is 2.19 bits per heavy atom. The summed E-state index contributed by atoms with van der Waals surface area (Å²) < 4.78 is 0. The van der Waals surface area contributed by atoms with E-state index in [-0.39, 0.29) is 23.4 Å². The van der Waals surface area contributed by atoms with Gasteiger partial charge in [0.15, 0.2) is 5.16 Å². The van der Waals surface area contributed by atoms with Gasteiger partial charge in [-0.25, -0.2) is 4.98 Å². The molecule has 0 bridgehead atoms. The molecule has 0 aliphatic carbocycles. The number of H-pyrrole nitrogens is 1. The number of nitro groups is 1. The highest BCUT2D eigenvalue weighted by Crippen LogP contribution is 2.29. The number of imidazole rings is 1. The maximum atomic E-state index is 12.7. The molecule has 1 aromatic heterocycles. The quantitative estimate of drug-likeness (QED) is 0.227. The highest BCUT2D eigenvalue weighted by molar-refractivity contribution is 7.99. The summed E-state index contributed by atoms with van der Waals surface area (Å²) in [5.41, 5.74) is 2.97. The van der Waals surface area contributed by atoms with E-state index in [2.05, 4.69) is 15.3 Å². The first-order chi connectivity index (χ1) is 15.6. The summed E-state index contributed by atoms with van der Waals surface area (Å²) in [6.45, 7) is 0. The summed E-state index contributed by atoms with van der Waals surface area (Å²) in [7, 11) is 0.